The molecular formula is C10H10ClFO. The molecule has 2 rings (SSSR count). The van der Waals surface area contributed by atoms with Crippen molar-refractivity contribution in [2.75, 3.05) is 0 Å². The van der Waals surface area contributed by atoms with Crippen LogP contribution in [0.3, 0.4) is 0 Å². The van der Waals surface area contributed by atoms with Gasteiger partial charge in [0.15, 0.2) is 0 Å². The van der Waals surface area contributed by atoms with Crippen molar-refractivity contribution in [2.24, 2.45) is 5.92 Å². The van der Waals surface area contributed by atoms with E-state index in [4.69, 9.17) is 11.6 Å². The molecular weight excluding hydrogens is 191 g/mol. The Morgan fingerprint density at radius 2 is 2.23 bits per heavy atom. The van der Waals surface area contributed by atoms with Gasteiger partial charge in [-0.05, 0) is 18.4 Å². The minimum Gasteiger partial charge on any atom is -0.385 e. The van der Waals surface area contributed by atoms with E-state index in [9.17, 15) is 9.50 Å². The van der Waals surface area contributed by atoms with Crippen LogP contribution in [0.25, 0.3) is 0 Å². The first-order valence-corrected chi connectivity index (χ1v) is 4.60. The minimum atomic E-state index is -0.890. The van der Waals surface area contributed by atoms with Gasteiger partial charge in [0, 0.05) is 5.56 Å². The van der Waals surface area contributed by atoms with Gasteiger partial charge in [-0.2, -0.15) is 0 Å². The Morgan fingerprint density at radius 3 is 2.77 bits per heavy atom. The molecule has 1 aromatic rings. The minimum absolute atomic E-state index is 0.0503. The van der Waals surface area contributed by atoms with Crippen molar-refractivity contribution in [3.05, 3.63) is 34.6 Å². The van der Waals surface area contributed by atoms with Crippen LogP contribution in [0.5, 0.6) is 0 Å². The third kappa shape index (κ3) is 1.25. The van der Waals surface area contributed by atoms with Gasteiger partial charge in [0.25, 0.3) is 0 Å². The van der Waals surface area contributed by atoms with Gasteiger partial charge < -0.3 is 5.11 Å². The van der Waals surface area contributed by atoms with E-state index in [1.54, 1.807) is 12.1 Å². The predicted octanol–water partition coefficient (Wildman–Crippen LogP) is 2.71. The molecule has 2 unspecified atom stereocenters. The highest BCUT2D eigenvalue weighted by Crippen LogP contribution is 2.53. The highest BCUT2D eigenvalue weighted by Gasteiger charge is 2.52. The largest absolute Gasteiger partial charge is 0.385 e. The van der Waals surface area contributed by atoms with Crippen LogP contribution in [-0.2, 0) is 5.60 Å². The third-order valence-corrected chi connectivity index (χ3v) is 3.07. The number of hydrogen-bond acceptors (Lipinski definition) is 1. The van der Waals surface area contributed by atoms with Crippen LogP contribution < -0.4 is 0 Å². The molecule has 0 heterocycles. The van der Waals surface area contributed by atoms with Crippen LogP contribution in [0.1, 0.15) is 18.9 Å². The zero-order valence-corrected chi connectivity index (χ0v) is 7.98. The SMILES string of the molecule is CC1CC1(O)c1cccc(F)c1Cl. The van der Waals surface area contributed by atoms with Gasteiger partial charge in [-0.15, -0.1) is 0 Å². The first-order valence-electron chi connectivity index (χ1n) is 4.22. The Labute approximate surface area is 81.1 Å². The van der Waals surface area contributed by atoms with E-state index in [1.165, 1.54) is 6.07 Å². The smallest absolute Gasteiger partial charge is 0.142 e. The van der Waals surface area contributed by atoms with Crippen molar-refractivity contribution < 1.29 is 9.50 Å². The van der Waals surface area contributed by atoms with Gasteiger partial charge in [-0.1, -0.05) is 30.7 Å². The highest BCUT2D eigenvalue weighted by molar-refractivity contribution is 6.31. The topological polar surface area (TPSA) is 20.2 Å². The van der Waals surface area contributed by atoms with Gasteiger partial charge in [-0.25, -0.2) is 4.39 Å². The average molecular weight is 201 g/mol. The lowest BCUT2D eigenvalue weighted by atomic mass is 10.1. The first kappa shape index (κ1) is 8.97. The maximum absolute atomic E-state index is 13.0. The molecule has 1 nitrogen and oxygen atoms in total. The molecule has 2 atom stereocenters. The summed E-state index contributed by atoms with van der Waals surface area (Å²) in [5.41, 5.74) is -0.374. The number of hydrogen-bond donors (Lipinski definition) is 1. The van der Waals surface area contributed by atoms with Crippen LogP contribution in [0.15, 0.2) is 18.2 Å². The Balaban J connectivity index is 2.47. The van der Waals surface area contributed by atoms with Crippen LogP contribution in [0.4, 0.5) is 4.39 Å². The Bertz CT molecular complexity index is 353. The first-order chi connectivity index (χ1) is 6.05. The van der Waals surface area contributed by atoms with Gasteiger partial charge in [0.05, 0.1) is 10.6 Å². The van der Waals surface area contributed by atoms with Crippen molar-refractivity contribution >= 4 is 11.6 Å². The second-order valence-corrected chi connectivity index (χ2v) is 4.01. The maximum atomic E-state index is 13.0. The number of rotatable bonds is 1. The van der Waals surface area contributed by atoms with E-state index in [-0.39, 0.29) is 10.9 Å². The lowest BCUT2D eigenvalue weighted by molar-refractivity contribution is 0.134. The molecule has 0 radical (unpaired) electrons. The highest BCUT2D eigenvalue weighted by atomic mass is 35.5. The molecule has 1 fully saturated rings. The predicted molar refractivity (Wildman–Crippen MR) is 49.1 cm³/mol. The molecule has 0 bridgehead atoms. The van der Waals surface area contributed by atoms with E-state index < -0.39 is 11.4 Å². The summed E-state index contributed by atoms with van der Waals surface area (Å²) in [6.45, 7) is 1.92. The normalized spacial score (nSPS) is 31.8. The third-order valence-electron chi connectivity index (χ3n) is 2.69. The Morgan fingerprint density at radius 1 is 1.62 bits per heavy atom. The van der Waals surface area contributed by atoms with E-state index in [2.05, 4.69) is 0 Å². The van der Waals surface area contributed by atoms with Crippen LogP contribution in [-0.4, -0.2) is 5.11 Å². The molecule has 1 aromatic carbocycles. The number of aliphatic hydroxyl groups is 1. The fourth-order valence-corrected chi connectivity index (χ4v) is 1.91. The van der Waals surface area contributed by atoms with Crippen molar-refractivity contribution in [1.82, 2.24) is 0 Å². The van der Waals surface area contributed by atoms with Crippen molar-refractivity contribution in [3.63, 3.8) is 0 Å². The summed E-state index contributed by atoms with van der Waals surface area (Å²) in [4.78, 5) is 0. The Kier molecular flexibility index (Phi) is 1.86. The standard InChI is InChI=1S/C10H10ClFO/c1-6-5-10(6,13)7-3-2-4-8(12)9(7)11/h2-4,6,13H,5H2,1H3. The van der Waals surface area contributed by atoms with Gasteiger partial charge in [0.1, 0.15) is 5.82 Å². The Hall–Kier alpha value is -0.600. The molecule has 3 heteroatoms. The van der Waals surface area contributed by atoms with E-state index in [1.807, 2.05) is 6.92 Å². The summed E-state index contributed by atoms with van der Waals surface area (Å²) in [5.74, 6) is -0.293. The monoisotopic (exact) mass is 200 g/mol. The summed E-state index contributed by atoms with van der Waals surface area (Å²) in [7, 11) is 0. The number of halogens is 2. The lowest BCUT2D eigenvalue weighted by Crippen LogP contribution is -2.08. The molecule has 0 saturated heterocycles. The molecule has 1 aliphatic rings. The van der Waals surface area contributed by atoms with E-state index in [0.717, 1.165) is 0 Å². The molecule has 0 amide bonds. The van der Waals surface area contributed by atoms with Gasteiger partial charge >= 0.3 is 0 Å². The molecule has 0 spiro atoms. The summed E-state index contributed by atoms with van der Waals surface area (Å²) in [6, 6.07) is 4.54. The summed E-state index contributed by atoms with van der Waals surface area (Å²) < 4.78 is 13.0. The lowest BCUT2D eigenvalue weighted by Gasteiger charge is -2.11. The second-order valence-electron chi connectivity index (χ2n) is 3.63. The zero-order chi connectivity index (χ0) is 9.64. The van der Waals surface area contributed by atoms with Crippen LogP contribution >= 0.6 is 11.6 Å². The van der Waals surface area contributed by atoms with Crippen molar-refractivity contribution in [2.45, 2.75) is 18.9 Å². The van der Waals surface area contributed by atoms with E-state index >= 15 is 0 Å². The van der Waals surface area contributed by atoms with Crippen LogP contribution in [0, 0.1) is 11.7 Å². The van der Waals surface area contributed by atoms with Crippen LogP contribution in [0.2, 0.25) is 5.02 Å². The molecule has 0 aliphatic heterocycles. The summed E-state index contributed by atoms with van der Waals surface area (Å²) >= 11 is 5.75. The van der Waals surface area contributed by atoms with Crippen molar-refractivity contribution in [3.8, 4) is 0 Å². The second kappa shape index (κ2) is 2.69. The van der Waals surface area contributed by atoms with E-state index in [0.29, 0.717) is 12.0 Å². The molecule has 70 valence electrons. The zero-order valence-electron chi connectivity index (χ0n) is 7.22. The molecule has 13 heavy (non-hydrogen) atoms. The fraction of sp³-hybridized carbons (Fsp3) is 0.400. The molecule has 1 aliphatic carbocycles. The average Bonchev–Trinajstić information content (AvgIpc) is 2.67. The summed E-state index contributed by atoms with van der Waals surface area (Å²) in [6.07, 6.45) is 0.663. The van der Waals surface area contributed by atoms with Crippen molar-refractivity contribution in [1.29, 1.82) is 0 Å². The maximum Gasteiger partial charge on any atom is 0.142 e. The molecule has 0 aromatic heterocycles. The molecule has 1 saturated carbocycles. The van der Waals surface area contributed by atoms with Gasteiger partial charge in [-0.3, -0.25) is 0 Å². The summed E-state index contributed by atoms with van der Waals surface area (Å²) in [5, 5.41) is 9.97. The quantitative estimate of drug-likeness (QED) is 0.739. The number of benzene rings is 1. The molecule has 1 N–H and O–H groups in total. The fourth-order valence-electron chi connectivity index (χ4n) is 1.62. The van der Waals surface area contributed by atoms with Gasteiger partial charge in [0.2, 0.25) is 0 Å².